The molecule has 0 spiro atoms. The maximum Gasteiger partial charge on any atom is 0.126 e. The van der Waals surface area contributed by atoms with Crippen LogP contribution in [0.25, 0.3) is 0 Å². The summed E-state index contributed by atoms with van der Waals surface area (Å²) in [6.45, 7) is 1.67. The van der Waals surface area contributed by atoms with Gasteiger partial charge in [0.2, 0.25) is 0 Å². The molecule has 0 saturated carbocycles. The van der Waals surface area contributed by atoms with Gasteiger partial charge in [0.15, 0.2) is 0 Å². The zero-order valence-corrected chi connectivity index (χ0v) is 10.8. The molecule has 0 radical (unpaired) electrons. The molecule has 0 aliphatic rings. The van der Waals surface area contributed by atoms with Gasteiger partial charge in [-0.2, -0.15) is 0 Å². The molecular weight excluding hydrogens is 285 g/mol. The van der Waals surface area contributed by atoms with Crippen LogP contribution in [0.2, 0.25) is 0 Å². The van der Waals surface area contributed by atoms with Crippen molar-refractivity contribution < 1.29 is 9.50 Å². The van der Waals surface area contributed by atoms with Crippen molar-refractivity contribution >= 4 is 15.9 Å². The second kappa shape index (κ2) is 4.94. The van der Waals surface area contributed by atoms with Gasteiger partial charge in [-0.1, -0.05) is 12.1 Å². The Balaban J connectivity index is 2.40. The Hall–Kier alpha value is -1.26. The maximum atomic E-state index is 13.1. The van der Waals surface area contributed by atoms with Crippen LogP contribution >= 0.6 is 15.9 Å². The first kappa shape index (κ1) is 12.2. The van der Waals surface area contributed by atoms with Gasteiger partial charge in [-0.05, 0) is 52.2 Å². The Morgan fingerprint density at radius 3 is 2.76 bits per heavy atom. The van der Waals surface area contributed by atoms with Crippen molar-refractivity contribution in [2.24, 2.45) is 0 Å². The minimum Gasteiger partial charge on any atom is -0.382 e. The lowest BCUT2D eigenvalue weighted by molar-refractivity contribution is 0.214. The Bertz CT molecular complexity index is 545. The van der Waals surface area contributed by atoms with Crippen LogP contribution in [0.5, 0.6) is 0 Å². The van der Waals surface area contributed by atoms with Gasteiger partial charge < -0.3 is 5.11 Å². The summed E-state index contributed by atoms with van der Waals surface area (Å²) in [6.07, 6.45) is 0.754. The fraction of sp³-hybridized carbons (Fsp3) is 0.154. The lowest BCUT2D eigenvalue weighted by Crippen LogP contribution is -2.04. The molecular formula is C13H11BrFNO. The highest BCUT2D eigenvalue weighted by atomic mass is 79.9. The predicted molar refractivity (Wildman–Crippen MR) is 67.1 cm³/mol. The van der Waals surface area contributed by atoms with Crippen molar-refractivity contribution in [3.05, 3.63) is 63.6 Å². The highest BCUT2D eigenvalue weighted by molar-refractivity contribution is 9.10. The molecule has 2 nitrogen and oxygen atoms in total. The zero-order chi connectivity index (χ0) is 12.4. The maximum absolute atomic E-state index is 13.1. The van der Waals surface area contributed by atoms with Gasteiger partial charge in [-0.25, -0.2) is 4.39 Å². The SMILES string of the molecule is Cc1cc(C(O)c2ncccc2Br)ccc1F. The summed E-state index contributed by atoms with van der Waals surface area (Å²) in [6, 6.07) is 8.12. The summed E-state index contributed by atoms with van der Waals surface area (Å²) in [5.74, 6) is -0.277. The molecule has 1 unspecified atom stereocenters. The Morgan fingerprint density at radius 1 is 1.35 bits per heavy atom. The monoisotopic (exact) mass is 295 g/mol. The molecule has 2 rings (SSSR count). The van der Waals surface area contributed by atoms with Crippen molar-refractivity contribution in [3.63, 3.8) is 0 Å². The molecule has 0 bridgehead atoms. The topological polar surface area (TPSA) is 33.1 Å². The number of hydrogen-bond acceptors (Lipinski definition) is 2. The van der Waals surface area contributed by atoms with Crippen molar-refractivity contribution in [3.8, 4) is 0 Å². The third-order valence-electron chi connectivity index (χ3n) is 2.54. The second-order valence-corrected chi connectivity index (χ2v) is 4.64. The summed E-state index contributed by atoms with van der Waals surface area (Å²) >= 11 is 3.33. The third kappa shape index (κ3) is 2.53. The van der Waals surface area contributed by atoms with Crippen molar-refractivity contribution in [2.75, 3.05) is 0 Å². The molecule has 2 aromatic rings. The Kier molecular flexibility index (Phi) is 3.54. The predicted octanol–water partition coefficient (Wildman–Crippen LogP) is 3.37. The van der Waals surface area contributed by atoms with Crippen molar-refractivity contribution in [2.45, 2.75) is 13.0 Å². The zero-order valence-electron chi connectivity index (χ0n) is 9.19. The van der Waals surface area contributed by atoms with E-state index in [0.29, 0.717) is 16.8 Å². The first-order valence-electron chi connectivity index (χ1n) is 5.14. The second-order valence-electron chi connectivity index (χ2n) is 3.78. The van der Waals surface area contributed by atoms with E-state index in [1.807, 2.05) is 6.07 Å². The van der Waals surface area contributed by atoms with Crippen LogP contribution in [0.15, 0.2) is 41.0 Å². The van der Waals surface area contributed by atoms with Gasteiger partial charge in [-0.15, -0.1) is 0 Å². The average Bonchev–Trinajstić information content (AvgIpc) is 2.32. The van der Waals surface area contributed by atoms with Gasteiger partial charge >= 0.3 is 0 Å². The van der Waals surface area contributed by atoms with Gasteiger partial charge in [0, 0.05) is 10.7 Å². The molecule has 0 amide bonds. The first-order chi connectivity index (χ1) is 8.09. The van der Waals surface area contributed by atoms with E-state index < -0.39 is 6.10 Å². The fourth-order valence-corrected chi connectivity index (χ4v) is 2.07. The van der Waals surface area contributed by atoms with E-state index in [1.54, 1.807) is 31.3 Å². The molecule has 4 heteroatoms. The molecule has 1 aromatic carbocycles. The standard InChI is InChI=1S/C13H11BrFNO/c1-8-7-9(4-5-11(8)15)13(17)12-10(14)3-2-6-16-12/h2-7,13,17H,1H3. The summed E-state index contributed by atoms with van der Waals surface area (Å²) < 4.78 is 13.9. The molecule has 1 N–H and O–H groups in total. The van der Waals surface area contributed by atoms with E-state index in [-0.39, 0.29) is 5.82 Å². The molecule has 17 heavy (non-hydrogen) atoms. The lowest BCUT2D eigenvalue weighted by Gasteiger charge is -2.12. The summed E-state index contributed by atoms with van der Waals surface area (Å²) in [4.78, 5) is 4.12. The third-order valence-corrected chi connectivity index (χ3v) is 3.21. The highest BCUT2D eigenvalue weighted by Gasteiger charge is 2.15. The number of benzene rings is 1. The van der Waals surface area contributed by atoms with Crippen molar-refractivity contribution in [1.82, 2.24) is 4.98 Å². The summed E-state index contributed by atoms with van der Waals surface area (Å²) in [7, 11) is 0. The molecule has 88 valence electrons. The van der Waals surface area contributed by atoms with Gasteiger partial charge in [0.1, 0.15) is 11.9 Å². The molecule has 0 aliphatic carbocycles. The first-order valence-corrected chi connectivity index (χ1v) is 5.93. The molecule has 1 heterocycles. The number of hydrogen-bond donors (Lipinski definition) is 1. The highest BCUT2D eigenvalue weighted by Crippen LogP contribution is 2.27. The summed E-state index contributed by atoms with van der Waals surface area (Å²) in [5.41, 5.74) is 1.66. The number of rotatable bonds is 2. The molecule has 0 fully saturated rings. The van der Waals surface area contributed by atoms with Gasteiger partial charge in [-0.3, -0.25) is 4.98 Å². The van der Waals surface area contributed by atoms with Crippen LogP contribution in [0, 0.1) is 12.7 Å². The largest absolute Gasteiger partial charge is 0.382 e. The number of aliphatic hydroxyl groups excluding tert-OH is 1. The van der Waals surface area contributed by atoms with E-state index in [4.69, 9.17) is 0 Å². The lowest BCUT2D eigenvalue weighted by atomic mass is 10.0. The van der Waals surface area contributed by atoms with E-state index in [9.17, 15) is 9.50 Å². The van der Waals surface area contributed by atoms with E-state index in [0.717, 1.165) is 4.47 Å². The van der Waals surface area contributed by atoms with E-state index in [1.165, 1.54) is 6.07 Å². The fourth-order valence-electron chi connectivity index (χ4n) is 1.59. The number of aromatic nitrogens is 1. The molecule has 1 aromatic heterocycles. The number of aryl methyl sites for hydroxylation is 1. The van der Waals surface area contributed by atoms with E-state index in [2.05, 4.69) is 20.9 Å². The number of nitrogens with zero attached hydrogens (tertiary/aromatic N) is 1. The average molecular weight is 296 g/mol. The number of halogens is 2. The minimum atomic E-state index is -0.857. The van der Waals surface area contributed by atoms with Gasteiger partial charge in [0.05, 0.1) is 5.69 Å². The number of pyridine rings is 1. The molecule has 0 saturated heterocycles. The van der Waals surface area contributed by atoms with Crippen LogP contribution in [0.4, 0.5) is 4.39 Å². The quantitative estimate of drug-likeness (QED) is 0.921. The van der Waals surface area contributed by atoms with Crippen LogP contribution < -0.4 is 0 Å². The van der Waals surface area contributed by atoms with E-state index >= 15 is 0 Å². The Morgan fingerprint density at radius 2 is 2.12 bits per heavy atom. The summed E-state index contributed by atoms with van der Waals surface area (Å²) in [5, 5.41) is 10.2. The van der Waals surface area contributed by atoms with Crippen LogP contribution in [-0.2, 0) is 0 Å². The smallest absolute Gasteiger partial charge is 0.126 e. The minimum absolute atomic E-state index is 0.277. The number of aliphatic hydroxyl groups is 1. The Labute approximate surface area is 107 Å². The van der Waals surface area contributed by atoms with Crippen molar-refractivity contribution in [1.29, 1.82) is 0 Å². The molecule has 0 aliphatic heterocycles. The van der Waals surface area contributed by atoms with Crippen LogP contribution in [0.1, 0.15) is 22.9 Å². The van der Waals surface area contributed by atoms with Gasteiger partial charge in [0.25, 0.3) is 0 Å². The molecule has 1 atom stereocenters. The van der Waals surface area contributed by atoms with Crippen LogP contribution in [0.3, 0.4) is 0 Å². The normalized spacial score (nSPS) is 12.5. The van der Waals surface area contributed by atoms with Crippen LogP contribution in [-0.4, -0.2) is 10.1 Å².